The second-order valence-corrected chi connectivity index (χ2v) is 5.56. The Morgan fingerprint density at radius 1 is 1.20 bits per heavy atom. The van der Waals surface area contributed by atoms with Gasteiger partial charge in [0.15, 0.2) is 11.5 Å². The van der Waals surface area contributed by atoms with Crippen molar-refractivity contribution < 1.29 is 18.7 Å². The predicted octanol–water partition coefficient (Wildman–Crippen LogP) is 4.58. The molecule has 0 heterocycles. The third kappa shape index (κ3) is 5.35. The van der Waals surface area contributed by atoms with E-state index in [1.54, 1.807) is 37.5 Å². The van der Waals surface area contributed by atoms with Crippen LogP contribution in [0.15, 0.2) is 42.5 Å². The molecule has 1 amide bonds. The van der Waals surface area contributed by atoms with Gasteiger partial charge in [0.2, 0.25) is 5.91 Å². The summed E-state index contributed by atoms with van der Waals surface area (Å²) in [5.41, 5.74) is 1.81. The number of methoxy groups -OCH3 is 1. The maximum atomic E-state index is 13.7. The van der Waals surface area contributed by atoms with Crippen molar-refractivity contribution in [3.63, 3.8) is 0 Å². The van der Waals surface area contributed by atoms with E-state index in [9.17, 15) is 9.18 Å². The van der Waals surface area contributed by atoms with Gasteiger partial charge in [-0.25, -0.2) is 4.39 Å². The zero-order chi connectivity index (χ0) is 18.2. The minimum absolute atomic E-state index is 0.163. The molecule has 0 saturated carbocycles. The van der Waals surface area contributed by atoms with Crippen LogP contribution >= 0.6 is 0 Å². The van der Waals surface area contributed by atoms with E-state index in [-0.39, 0.29) is 5.69 Å². The van der Waals surface area contributed by atoms with E-state index in [1.807, 2.05) is 19.9 Å². The number of rotatable bonds is 7. The van der Waals surface area contributed by atoms with Gasteiger partial charge < -0.3 is 14.8 Å². The largest absolute Gasteiger partial charge is 0.493 e. The zero-order valence-electron chi connectivity index (χ0n) is 14.6. The number of nitrogens with one attached hydrogen (secondary N) is 1. The van der Waals surface area contributed by atoms with Crippen LogP contribution < -0.4 is 14.8 Å². The first-order chi connectivity index (χ1) is 12.0. The lowest BCUT2D eigenvalue weighted by Gasteiger charge is -2.10. The van der Waals surface area contributed by atoms with Gasteiger partial charge in [0.1, 0.15) is 5.82 Å². The van der Waals surface area contributed by atoms with Crippen LogP contribution in [0.3, 0.4) is 0 Å². The van der Waals surface area contributed by atoms with Crippen molar-refractivity contribution in [2.75, 3.05) is 19.0 Å². The molecule has 4 nitrogen and oxygen atoms in total. The second-order valence-electron chi connectivity index (χ2n) is 5.56. The molecular weight excluding hydrogens is 321 g/mol. The van der Waals surface area contributed by atoms with Crippen molar-refractivity contribution in [1.82, 2.24) is 0 Å². The summed E-state index contributed by atoms with van der Waals surface area (Å²) in [6.45, 7) is 4.47. The first-order valence-corrected chi connectivity index (χ1v) is 8.09. The molecule has 0 radical (unpaired) electrons. The summed E-state index contributed by atoms with van der Waals surface area (Å²) < 4.78 is 24.6. The molecule has 0 aromatic heterocycles. The van der Waals surface area contributed by atoms with Crippen LogP contribution in [0.25, 0.3) is 6.08 Å². The highest BCUT2D eigenvalue weighted by Gasteiger charge is 2.06. The van der Waals surface area contributed by atoms with Crippen molar-refractivity contribution in [3.8, 4) is 11.5 Å². The highest BCUT2D eigenvalue weighted by Crippen LogP contribution is 2.28. The van der Waals surface area contributed by atoms with Crippen molar-refractivity contribution >= 4 is 17.7 Å². The first kappa shape index (κ1) is 18.5. The maximum Gasteiger partial charge on any atom is 0.248 e. The molecule has 0 fully saturated rings. The number of halogens is 1. The summed E-state index contributed by atoms with van der Waals surface area (Å²) >= 11 is 0. The number of carbonyl (C=O) groups excluding carboxylic acids is 1. The van der Waals surface area contributed by atoms with Gasteiger partial charge in [-0.3, -0.25) is 4.79 Å². The topological polar surface area (TPSA) is 47.6 Å². The number of benzene rings is 2. The Morgan fingerprint density at radius 3 is 2.72 bits per heavy atom. The highest BCUT2D eigenvalue weighted by atomic mass is 19.1. The molecule has 5 heteroatoms. The SMILES string of the molecule is CCCOc1ccc(/C=C/C(=O)Nc2cc(C)ccc2F)cc1OC. The number of ether oxygens (including phenoxy) is 2. The zero-order valence-corrected chi connectivity index (χ0v) is 14.6. The van der Waals surface area contributed by atoms with E-state index in [4.69, 9.17) is 9.47 Å². The lowest BCUT2D eigenvalue weighted by molar-refractivity contribution is -0.111. The minimum atomic E-state index is -0.466. The lowest BCUT2D eigenvalue weighted by Crippen LogP contribution is -2.09. The van der Waals surface area contributed by atoms with Crippen LogP contribution in [0.4, 0.5) is 10.1 Å². The molecule has 25 heavy (non-hydrogen) atoms. The lowest BCUT2D eigenvalue weighted by atomic mass is 10.2. The number of amides is 1. The van der Waals surface area contributed by atoms with Gasteiger partial charge in [0.25, 0.3) is 0 Å². The molecular formula is C20H22FNO3. The first-order valence-electron chi connectivity index (χ1n) is 8.09. The number of carbonyl (C=O) groups is 1. The summed E-state index contributed by atoms with van der Waals surface area (Å²) in [5.74, 6) is 0.384. The molecule has 0 aliphatic rings. The smallest absolute Gasteiger partial charge is 0.248 e. The van der Waals surface area contributed by atoms with Crippen LogP contribution in [0.1, 0.15) is 24.5 Å². The number of hydrogen-bond donors (Lipinski definition) is 1. The summed E-state index contributed by atoms with van der Waals surface area (Å²) in [4.78, 5) is 12.0. The molecule has 1 N–H and O–H groups in total. The van der Waals surface area contributed by atoms with Crippen molar-refractivity contribution in [2.24, 2.45) is 0 Å². The summed E-state index contributed by atoms with van der Waals surface area (Å²) in [6, 6.07) is 9.96. The Hall–Kier alpha value is -2.82. The van der Waals surface area contributed by atoms with Crippen molar-refractivity contribution in [1.29, 1.82) is 0 Å². The summed E-state index contributed by atoms with van der Waals surface area (Å²) in [5, 5.41) is 2.53. The number of anilines is 1. The molecule has 2 aromatic rings. The molecule has 132 valence electrons. The van der Waals surface area contributed by atoms with Gasteiger partial charge in [-0.15, -0.1) is 0 Å². The van der Waals surface area contributed by atoms with Gasteiger partial charge in [-0.2, -0.15) is 0 Å². The van der Waals surface area contributed by atoms with Gasteiger partial charge in [0, 0.05) is 6.08 Å². The third-order valence-corrected chi connectivity index (χ3v) is 3.46. The van der Waals surface area contributed by atoms with Crippen LogP contribution in [0, 0.1) is 12.7 Å². The van der Waals surface area contributed by atoms with Gasteiger partial charge >= 0.3 is 0 Å². The average Bonchev–Trinajstić information content (AvgIpc) is 2.61. The maximum absolute atomic E-state index is 13.7. The Morgan fingerprint density at radius 2 is 2.00 bits per heavy atom. The molecule has 0 aliphatic carbocycles. The van der Waals surface area contributed by atoms with Crippen molar-refractivity contribution in [2.45, 2.75) is 20.3 Å². The molecule has 0 atom stereocenters. The minimum Gasteiger partial charge on any atom is -0.493 e. The van der Waals surface area contributed by atoms with E-state index < -0.39 is 11.7 Å². The van der Waals surface area contributed by atoms with Gasteiger partial charge in [-0.05, 0) is 54.8 Å². The molecule has 0 bridgehead atoms. The Kier molecular flexibility index (Phi) is 6.57. The van der Waals surface area contributed by atoms with Crippen molar-refractivity contribution in [3.05, 3.63) is 59.4 Å². The van der Waals surface area contributed by atoms with Gasteiger partial charge in [-0.1, -0.05) is 19.1 Å². The van der Waals surface area contributed by atoms with E-state index in [1.165, 1.54) is 12.1 Å². The van der Waals surface area contributed by atoms with Gasteiger partial charge in [0.05, 0.1) is 19.4 Å². The number of aryl methyl sites for hydroxylation is 1. The van der Waals surface area contributed by atoms with Crippen LogP contribution in [0.5, 0.6) is 11.5 Å². The molecule has 0 aliphatic heterocycles. The fourth-order valence-electron chi connectivity index (χ4n) is 2.20. The Bertz CT molecular complexity index is 772. The quantitative estimate of drug-likeness (QED) is 0.748. The van der Waals surface area contributed by atoms with Crippen LogP contribution in [0.2, 0.25) is 0 Å². The predicted molar refractivity (Wildman–Crippen MR) is 97.6 cm³/mol. The monoisotopic (exact) mass is 343 g/mol. The average molecular weight is 343 g/mol. The Labute approximate surface area is 147 Å². The molecule has 2 rings (SSSR count). The van der Waals surface area contributed by atoms with E-state index in [2.05, 4.69) is 5.32 Å². The standard InChI is InChI=1S/C20H22FNO3/c1-4-11-25-18-9-6-15(13-19(18)24-3)7-10-20(23)22-17-12-14(2)5-8-16(17)21/h5-10,12-13H,4,11H2,1-3H3,(H,22,23)/b10-7+. The summed E-state index contributed by atoms with van der Waals surface area (Å²) in [6.07, 6.45) is 3.89. The van der Waals surface area contributed by atoms with Crippen LogP contribution in [-0.2, 0) is 4.79 Å². The second kappa shape index (κ2) is 8.87. The highest BCUT2D eigenvalue weighted by molar-refractivity contribution is 6.02. The summed E-state index contributed by atoms with van der Waals surface area (Å²) in [7, 11) is 1.56. The molecule has 0 unspecified atom stereocenters. The van der Waals surface area contributed by atoms with Crippen LogP contribution in [-0.4, -0.2) is 19.6 Å². The van der Waals surface area contributed by atoms with E-state index in [0.29, 0.717) is 18.1 Å². The third-order valence-electron chi connectivity index (χ3n) is 3.46. The van der Waals surface area contributed by atoms with E-state index >= 15 is 0 Å². The van der Waals surface area contributed by atoms with E-state index in [0.717, 1.165) is 17.5 Å². The number of hydrogen-bond acceptors (Lipinski definition) is 3. The Balaban J connectivity index is 2.07. The fourth-order valence-corrected chi connectivity index (χ4v) is 2.20. The molecule has 0 spiro atoms. The fraction of sp³-hybridized carbons (Fsp3) is 0.250. The molecule has 0 saturated heterocycles. The molecule has 2 aromatic carbocycles. The normalized spacial score (nSPS) is 10.7.